The van der Waals surface area contributed by atoms with E-state index in [-0.39, 0.29) is 0 Å². The van der Waals surface area contributed by atoms with E-state index in [1.807, 2.05) is 66.7 Å². The van der Waals surface area contributed by atoms with E-state index in [4.69, 9.17) is 19.9 Å². The van der Waals surface area contributed by atoms with Gasteiger partial charge in [-0.3, -0.25) is 0 Å². The molecule has 4 heteroatoms. The van der Waals surface area contributed by atoms with Gasteiger partial charge in [0.1, 0.15) is 0 Å². The van der Waals surface area contributed by atoms with Gasteiger partial charge in [-0.2, -0.15) is 0 Å². The third-order valence-corrected chi connectivity index (χ3v) is 10.1. The Morgan fingerprint density at radius 1 is 0.259 bits per heavy atom. The third kappa shape index (κ3) is 5.76. The lowest BCUT2D eigenvalue weighted by atomic mass is 9.93. The largest absolute Gasteiger partial charge is 0.247 e. The van der Waals surface area contributed by atoms with Crippen molar-refractivity contribution < 1.29 is 0 Å². The highest BCUT2D eigenvalue weighted by Gasteiger charge is 2.16. The van der Waals surface area contributed by atoms with Gasteiger partial charge in [0, 0.05) is 38.4 Å². The lowest BCUT2D eigenvalue weighted by Gasteiger charge is -2.14. The van der Waals surface area contributed by atoms with Crippen LogP contribution in [0.1, 0.15) is 0 Å². The summed E-state index contributed by atoms with van der Waals surface area (Å²) >= 11 is 0. The molecule has 2 aromatic heterocycles. The van der Waals surface area contributed by atoms with Crippen LogP contribution in [0.3, 0.4) is 0 Å². The van der Waals surface area contributed by atoms with Gasteiger partial charge in [0.2, 0.25) is 0 Å². The van der Waals surface area contributed by atoms with Crippen molar-refractivity contribution >= 4 is 32.4 Å². The number of nitrogens with zero attached hydrogens (tertiary/aromatic N) is 4. The van der Waals surface area contributed by atoms with Gasteiger partial charge in [0.15, 0.2) is 17.5 Å². The molecule has 0 amide bonds. The summed E-state index contributed by atoms with van der Waals surface area (Å²) in [5.74, 6) is 1.94. The fraction of sp³-hybridized carbons (Fsp3) is 0. The molecule has 0 spiro atoms. The molecule has 10 aromatic rings. The number of pyridine rings is 1. The lowest BCUT2D eigenvalue weighted by molar-refractivity contribution is 1.07. The van der Waals surface area contributed by atoms with Crippen molar-refractivity contribution in [2.24, 2.45) is 0 Å². The van der Waals surface area contributed by atoms with E-state index < -0.39 is 0 Å². The summed E-state index contributed by atoms with van der Waals surface area (Å²) in [6.07, 6.45) is 0. The van der Waals surface area contributed by atoms with Gasteiger partial charge in [0.05, 0.1) is 11.2 Å². The summed E-state index contributed by atoms with van der Waals surface area (Å²) in [7, 11) is 0. The highest BCUT2D eigenvalue weighted by molar-refractivity contribution is 6.22. The minimum absolute atomic E-state index is 0.638. The molecule has 252 valence electrons. The zero-order valence-corrected chi connectivity index (χ0v) is 29.3. The first-order valence-corrected chi connectivity index (χ1v) is 18.1. The lowest BCUT2D eigenvalue weighted by Crippen LogP contribution is -2.00. The quantitative estimate of drug-likeness (QED) is 0.163. The third-order valence-electron chi connectivity index (χ3n) is 10.1. The zero-order valence-electron chi connectivity index (χ0n) is 29.3. The van der Waals surface area contributed by atoms with Crippen LogP contribution in [0.5, 0.6) is 0 Å². The molecular weight excluding hydrogens is 657 g/mol. The van der Waals surface area contributed by atoms with Crippen LogP contribution in [0.25, 0.3) is 100 Å². The van der Waals surface area contributed by atoms with Crippen LogP contribution in [0.4, 0.5) is 0 Å². The van der Waals surface area contributed by atoms with Crippen LogP contribution >= 0.6 is 0 Å². The summed E-state index contributed by atoms with van der Waals surface area (Å²) in [6.45, 7) is 0. The summed E-state index contributed by atoms with van der Waals surface area (Å²) < 4.78 is 0. The minimum Gasteiger partial charge on any atom is -0.247 e. The van der Waals surface area contributed by atoms with Gasteiger partial charge in [-0.05, 0) is 45.2 Å². The van der Waals surface area contributed by atoms with E-state index in [1.54, 1.807) is 0 Å². The Hall–Kier alpha value is -7.30. The Labute approximate surface area is 313 Å². The van der Waals surface area contributed by atoms with Gasteiger partial charge in [0.25, 0.3) is 0 Å². The second-order valence-electron chi connectivity index (χ2n) is 13.5. The Morgan fingerprint density at radius 3 is 1.31 bits per heavy atom. The predicted octanol–water partition coefficient (Wildman–Crippen LogP) is 12.7. The predicted molar refractivity (Wildman–Crippen MR) is 223 cm³/mol. The van der Waals surface area contributed by atoms with Gasteiger partial charge in [-0.25, -0.2) is 19.9 Å². The van der Waals surface area contributed by atoms with E-state index in [0.717, 1.165) is 55.4 Å². The monoisotopic (exact) mass is 688 g/mol. The van der Waals surface area contributed by atoms with E-state index in [2.05, 4.69) is 127 Å². The Morgan fingerprint density at radius 2 is 0.704 bits per heavy atom. The van der Waals surface area contributed by atoms with Crippen LogP contribution in [0, 0.1) is 0 Å². The Balaban J connectivity index is 1.07. The fourth-order valence-corrected chi connectivity index (χ4v) is 7.37. The van der Waals surface area contributed by atoms with Crippen molar-refractivity contribution in [3.05, 3.63) is 194 Å². The van der Waals surface area contributed by atoms with E-state index in [9.17, 15) is 0 Å². The first kappa shape index (κ1) is 31.4. The molecule has 0 saturated heterocycles. The molecule has 0 unspecified atom stereocenters. The molecule has 0 aliphatic heterocycles. The first-order valence-electron chi connectivity index (χ1n) is 18.1. The van der Waals surface area contributed by atoms with E-state index in [1.165, 1.54) is 27.3 Å². The van der Waals surface area contributed by atoms with Gasteiger partial charge >= 0.3 is 0 Å². The molecule has 0 atom stereocenters. The molecule has 4 nitrogen and oxygen atoms in total. The van der Waals surface area contributed by atoms with Crippen LogP contribution in [-0.2, 0) is 0 Å². The van der Waals surface area contributed by atoms with Crippen molar-refractivity contribution in [3.63, 3.8) is 0 Å². The maximum Gasteiger partial charge on any atom is 0.164 e. The summed E-state index contributed by atoms with van der Waals surface area (Å²) in [6, 6.07) is 67.6. The van der Waals surface area contributed by atoms with Crippen LogP contribution in [0.2, 0.25) is 0 Å². The highest BCUT2D eigenvalue weighted by atomic mass is 15.0. The molecule has 0 saturated carbocycles. The summed E-state index contributed by atoms with van der Waals surface area (Å²) in [5.41, 5.74) is 10.5. The number of rotatable bonds is 6. The van der Waals surface area contributed by atoms with Crippen LogP contribution < -0.4 is 0 Å². The van der Waals surface area contributed by atoms with Crippen LogP contribution in [0.15, 0.2) is 194 Å². The molecular formula is C50H32N4. The molecule has 0 bridgehead atoms. The molecule has 10 rings (SSSR count). The average molecular weight is 689 g/mol. The molecule has 0 radical (unpaired) electrons. The molecule has 0 aliphatic rings. The molecule has 54 heavy (non-hydrogen) atoms. The molecule has 2 heterocycles. The van der Waals surface area contributed by atoms with Crippen molar-refractivity contribution in [2.75, 3.05) is 0 Å². The van der Waals surface area contributed by atoms with Crippen molar-refractivity contribution in [3.8, 4) is 67.7 Å². The maximum absolute atomic E-state index is 5.32. The van der Waals surface area contributed by atoms with Crippen molar-refractivity contribution in [2.45, 2.75) is 0 Å². The van der Waals surface area contributed by atoms with Gasteiger partial charge < -0.3 is 0 Å². The van der Waals surface area contributed by atoms with Gasteiger partial charge in [-0.1, -0.05) is 182 Å². The normalized spacial score (nSPS) is 11.3. The standard InChI is InChI=1S/C50H32N4/c1-4-12-33(13-5-1)34-20-24-37(25-21-34)47-43-30-28-36-14-10-11-19-42(36)46(43)44-32-41(29-31-45(44)51-47)35-22-26-40(27-23-35)50-53-48(38-15-6-2-7-16-38)52-49(54-50)39-17-8-3-9-18-39/h1-32H. The average Bonchev–Trinajstić information content (AvgIpc) is 3.26. The molecule has 0 N–H and O–H groups in total. The number of hydrogen-bond donors (Lipinski definition) is 0. The topological polar surface area (TPSA) is 51.6 Å². The molecule has 8 aromatic carbocycles. The number of benzene rings is 8. The Kier molecular flexibility index (Phi) is 7.77. The Bertz CT molecular complexity index is 2890. The summed E-state index contributed by atoms with van der Waals surface area (Å²) in [5, 5.41) is 5.91. The van der Waals surface area contributed by atoms with Crippen molar-refractivity contribution in [1.29, 1.82) is 0 Å². The smallest absolute Gasteiger partial charge is 0.164 e. The second-order valence-corrected chi connectivity index (χ2v) is 13.5. The second kappa shape index (κ2) is 13.4. The van der Waals surface area contributed by atoms with Gasteiger partial charge in [-0.15, -0.1) is 0 Å². The zero-order chi connectivity index (χ0) is 35.8. The number of fused-ring (bicyclic) bond motifs is 5. The number of hydrogen-bond acceptors (Lipinski definition) is 4. The fourth-order valence-electron chi connectivity index (χ4n) is 7.37. The van der Waals surface area contributed by atoms with E-state index >= 15 is 0 Å². The van der Waals surface area contributed by atoms with E-state index in [0.29, 0.717) is 17.5 Å². The first-order chi connectivity index (χ1) is 26.7. The maximum atomic E-state index is 5.32. The van der Waals surface area contributed by atoms with Crippen LogP contribution in [-0.4, -0.2) is 19.9 Å². The molecule has 0 fully saturated rings. The molecule has 0 aliphatic carbocycles. The minimum atomic E-state index is 0.638. The SMILES string of the molecule is c1ccc(-c2ccc(-c3nc4ccc(-c5ccc(-c6nc(-c7ccccc7)nc(-c7ccccc7)n6)cc5)cc4c4c3ccc3ccccc34)cc2)cc1. The summed E-state index contributed by atoms with van der Waals surface area (Å²) in [4.78, 5) is 20.0. The number of aromatic nitrogens is 4. The van der Waals surface area contributed by atoms with Crippen molar-refractivity contribution in [1.82, 2.24) is 19.9 Å². The highest BCUT2D eigenvalue weighted by Crippen LogP contribution is 2.39.